The Morgan fingerprint density at radius 1 is 1.25 bits per heavy atom. The van der Waals surface area contributed by atoms with E-state index in [9.17, 15) is 9.90 Å². The summed E-state index contributed by atoms with van der Waals surface area (Å²) in [7, 11) is 0. The van der Waals surface area contributed by atoms with Gasteiger partial charge in [0.2, 0.25) is 0 Å². The number of carboxylic acid groups (broad SMARTS) is 1. The normalized spacial score (nSPS) is 50.2. The summed E-state index contributed by atoms with van der Waals surface area (Å²) in [5.74, 6) is 0.443. The molecule has 0 radical (unpaired) electrons. The van der Waals surface area contributed by atoms with Crippen molar-refractivity contribution in [2.24, 2.45) is 28.6 Å². The van der Waals surface area contributed by atoms with Gasteiger partial charge in [-0.2, -0.15) is 0 Å². The zero-order valence-corrected chi connectivity index (χ0v) is 15.3. The maximum absolute atomic E-state index is 12.1. The highest BCUT2D eigenvalue weighted by Gasteiger charge is 2.66. The van der Waals surface area contributed by atoms with Gasteiger partial charge in [0, 0.05) is 5.92 Å². The molecular formula is C20H30O4. The van der Waals surface area contributed by atoms with Gasteiger partial charge in [-0.15, -0.1) is 0 Å². The van der Waals surface area contributed by atoms with Crippen molar-refractivity contribution in [2.45, 2.75) is 77.9 Å². The van der Waals surface area contributed by atoms with E-state index >= 15 is 0 Å². The average molecular weight is 334 g/mol. The number of carboxylic acids is 1. The van der Waals surface area contributed by atoms with Crippen LogP contribution in [0, 0.1) is 28.6 Å². The Kier molecular flexibility index (Phi) is 3.51. The smallest absolute Gasteiger partial charge is 0.309 e. The van der Waals surface area contributed by atoms with E-state index in [1.54, 1.807) is 0 Å². The van der Waals surface area contributed by atoms with Crippen LogP contribution in [-0.2, 0) is 14.6 Å². The minimum absolute atomic E-state index is 0.0185. The molecule has 3 aliphatic carbocycles. The summed E-state index contributed by atoms with van der Waals surface area (Å²) in [6.07, 6.45) is 8.07. The van der Waals surface area contributed by atoms with Crippen LogP contribution in [-0.4, -0.2) is 22.8 Å². The molecule has 4 heteroatoms. The fourth-order valence-corrected chi connectivity index (χ4v) is 6.61. The zero-order chi connectivity index (χ0) is 17.3. The second-order valence-electron chi connectivity index (χ2n) is 9.38. The van der Waals surface area contributed by atoms with Gasteiger partial charge in [-0.3, -0.25) is 4.79 Å². The number of hydrogen-bond donors (Lipinski definition) is 1. The number of hydrogen-bond acceptors (Lipinski definition) is 3. The van der Waals surface area contributed by atoms with Crippen molar-refractivity contribution >= 4 is 5.97 Å². The fraction of sp³-hybridized carbons (Fsp3) is 0.850. The molecule has 2 bridgehead atoms. The van der Waals surface area contributed by atoms with E-state index in [0.717, 1.165) is 38.5 Å². The van der Waals surface area contributed by atoms with Gasteiger partial charge in [-0.1, -0.05) is 27.2 Å². The van der Waals surface area contributed by atoms with Gasteiger partial charge in [-0.05, 0) is 67.9 Å². The molecule has 1 saturated heterocycles. The van der Waals surface area contributed by atoms with E-state index in [0.29, 0.717) is 11.8 Å². The SMILES string of the molecule is CC(C)C1=C[C@@]23CC[C@@H]4[C@](C)(CCC[C@@]4(C)C(=O)O)[C@H]2C[C@@H]1OO3. The molecule has 134 valence electrons. The highest BCUT2D eigenvalue weighted by Crippen LogP contribution is 2.66. The van der Waals surface area contributed by atoms with Crippen LogP contribution in [0.1, 0.15) is 66.2 Å². The van der Waals surface area contributed by atoms with Gasteiger partial charge in [-0.25, -0.2) is 9.78 Å². The molecule has 0 amide bonds. The maximum Gasteiger partial charge on any atom is 0.309 e. The lowest BCUT2D eigenvalue weighted by molar-refractivity contribution is -0.434. The quantitative estimate of drug-likeness (QED) is 0.602. The van der Waals surface area contributed by atoms with Crippen LogP contribution in [0.15, 0.2) is 11.6 Å². The molecule has 2 saturated carbocycles. The van der Waals surface area contributed by atoms with E-state index in [1.165, 1.54) is 5.57 Å². The van der Waals surface area contributed by atoms with E-state index in [4.69, 9.17) is 9.78 Å². The van der Waals surface area contributed by atoms with E-state index in [2.05, 4.69) is 26.8 Å². The minimum Gasteiger partial charge on any atom is -0.481 e. The standard InChI is InChI=1S/C20H30O4/c1-12(2)13-11-20-9-6-15-18(3,16(20)10-14(13)23-24-20)7-5-8-19(15,4)17(21)22/h11-12,14-16H,5-10H2,1-4H3,(H,21,22)/t14-,15+,16+,18-,19+,20-/m0/s1. The molecule has 0 aromatic carbocycles. The Morgan fingerprint density at radius 2 is 2.00 bits per heavy atom. The first-order valence-electron chi connectivity index (χ1n) is 9.53. The molecule has 2 aliphatic heterocycles. The third-order valence-electron chi connectivity index (χ3n) is 7.89. The zero-order valence-electron chi connectivity index (χ0n) is 15.3. The van der Waals surface area contributed by atoms with E-state index in [-0.39, 0.29) is 23.0 Å². The first kappa shape index (κ1) is 16.6. The molecule has 2 heterocycles. The van der Waals surface area contributed by atoms with Crippen LogP contribution in [0.3, 0.4) is 0 Å². The lowest BCUT2D eigenvalue weighted by atomic mass is 9.43. The topological polar surface area (TPSA) is 55.8 Å². The summed E-state index contributed by atoms with van der Waals surface area (Å²) >= 11 is 0. The second kappa shape index (κ2) is 5.07. The van der Waals surface area contributed by atoms with Crippen molar-refractivity contribution in [1.82, 2.24) is 0 Å². The monoisotopic (exact) mass is 334 g/mol. The molecule has 5 aliphatic rings. The first-order chi connectivity index (χ1) is 11.2. The Hall–Kier alpha value is -0.870. The summed E-state index contributed by atoms with van der Waals surface area (Å²) in [5.41, 5.74) is 0.453. The van der Waals surface area contributed by atoms with Crippen molar-refractivity contribution in [2.75, 3.05) is 0 Å². The van der Waals surface area contributed by atoms with E-state index in [1.807, 2.05) is 6.92 Å². The Balaban J connectivity index is 1.76. The van der Waals surface area contributed by atoms with Crippen LogP contribution in [0.5, 0.6) is 0 Å². The van der Waals surface area contributed by atoms with Gasteiger partial charge >= 0.3 is 5.97 Å². The summed E-state index contributed by atoms with van der Waals surface area (Å²) in [5, 5.41) is 9.92. The van der Waals surface area contributed by atoms with Crippen LogP contribution in [0.2, 0.25) is 0 Å². The van der Waals surface area contributed by atoms with Gasteiger partial charge in [0.05, 0.1) is 5.41 Å². The molecule has 3 fully saturated rings. The first-order valence-corrected chi connectivity index (χ1v) is 9.53. The lowest BCUT2D eigenvalue weighted by Gasteiger charge is -2.64. The maximum atomic E-state index is 12.1. The Labute approximate surface area is 144 Å². The van der Waals surface area contributed by atoms with Crippen LogP contribution in [0.4, 0.5) is 0 Å². The molecule has 0 aromatic rings. The van der Waals surface area contributed by atoms with Crippen molar-refractivity contribution in [1.29, 1.82) is 0 Å². The van der Waals surface area contributed by atoms with Gasteiger partial charge in [0.25, 0.3) is 0 Å². The van der Waals surface area contributed by atoms with Crippen molar-refractivity contribution < 1.29 is 19.7 Å². The highest BCUT2D eigenvalue weighted by molar-refractivity contribution is 5.75. The molecule has 0 unspecified atom stereocenters. The van der Waals surface area contributed by atoms with Crippen LogP contribution < -0.4 is 0 Å². The minimum atomic E-state index is -0.620. The van der Waals surface area contributed by atoms with Crippen LogP contribution in [0.25, 0.3) is 0 Å². The molecule has 4 nitrogen and oxygen atoms in total. The molecule has 0 aromatic heterocycles. The molecule has 1 N–H and O–H groups in total. The Bertz CT molecular complexity index is 596. The van der Waals surface area contributed by atoms with Gasteiger partial charge in [0.1, 0.15) is 11.7 Å². The lowest BCUT2D eigenvalue weighted by Crippen LogP contribution is -2.65. The number of aliphatic carboxylic acids is 1. The molecular weight excluding hydrogens is 304 g/mol. The summed E-state index contributed by atoms with van der Waals surface area (Å²) < 4.78 is 0. The fourth-order valence-electron chi connectivity index (χ4n) is 6.61. The third-order valence-corrected chi connectivity index (χ3v) is 7.89. The summed E-state index contributed by atoms with van der Waals surface area (Å²) in [6, 6.07) is 0. The highest BCUT2D eigenvalue weighted by atomic mass is 17.2. The predicted octanol–water partition coefficient (Wildman–Crippen LogP) is 4.35. The molecule has 1 spiro atoms. The van der Waals surface area contributed by atoms with Crippen molar-refractivity contribution in [3.63, 3.8) is 0 Å². The molecule has 6 atom stereocenters. The summed E-state index contributed by atoms with van der Waals surface area (Å²) in [4.78, 5) is 23.8. The average Bonchev–Trinajstić information content (AvgIpc) is 2.54. The van der Waals surface area contributed by atoms with Crippen molar-refractivity contribution in [3.05, 3.63) is 11.6 Å². The van der Waals surface area contributed by atoms with Gasteiger partial charge in [0.15, 0.2) is 0 Å². The predicted molar refractivity (Wildman–Crippen MR) is 90.1 cm³/mol. The number of rotatable bonds is 2. The van der Waals surface area contributed by atoms with E-state index < -0.39 is 11.4 Å². The molecule has 24 heavy (non-hydrogen) atoms. The number of carbonyl (C=O) groups is 1. The third kappa shape index (κ3) is 1.96. The largest absolute Gasteiger partial charge is 0.481 e. The van der Waals surface area contributed by atoms with Crippen molar-refractivity contribution in [3.8, 4) is 0 Å². The second-order valence-corrected chi connectivity index (χ2v) is 9.38. The number of fused-ring (bicyclic) bond motifs is 2. The summed E-state index contributed by atoms with van der Waals surface area (Å²) in [6.45, 7) is 8.74. The van der Waals surface area contributed by atoms with Crippen LogP contribution >= 0.6 is 0 Å². The molecule has 5 rings (SSSR count). The van der Waals surface area contributed by atoms with Gasteiger partial charge < -0.3 is 5.11 Å². The Morgan fingerprint density at radius 3 is 2.67 bits per heavy atom.